The summed E-state index contributed by atoms with van der Waals surface area (Å²) in [5.41, 5.74) is 4.81. The second kappa shape index (κ2) is 8.47. The highest BCUT2D eigenvalue weighted by Gasteiger charge is 2.46. The van der Waals surface area contributed by atoms with Crippen LogP contribution in [-0.2, 0) is 16.1 Å². The molecule has 2 aromatic carbocycles. The summed E-state index contributed by atoms with van der Waals surface area (Å²) < 4.78 is 11.1. The Kier molecular flexibility index (Phi) is 5.35. The molecule has 4 amide bonds. The van der Waals surface area contributed by atoms with Gasteiger partial charge in [0.1, 0.15) is 25.8 Å². The molecule has 1 fully saturated rings. The Morgan fingerprint density at radius 3 is 2.61 bits per heavy atom. The molecule has 10 nitrogen and oxygen atoms in total. The summed E-state index contributed by atoms with van der Waals surface area (Å²) in [4.78, 5) is 41.7. The topological polar surface area (TPSA) is 103 Å². The van der Waals surface area contributed by atoms with Crippen LogP contribution in [0.25, 0.3) is 0 Å². The summed E-state index contributed by atoms with van der Waals surface area (Å²) in [6.45, 7) is 0.790. The van der Waals surface area contributed by atoms with E-state index in [1.165, 1.54) is 9.80 Å². The number of amides is 4. The predicted molar refractivity (Wildman–Crippen MR) is 118 cm³/mol. The van der Waals surface area contributed by atoms with Gasteiger partial charge in [0.25, 0.3) is 5.91 Å². The molecule has 2 aromatic rings. The van der Waals surface area contributed by atoms with Gasteiger partial charge in [0.2, 0.25) is 5.91 Å². The molecule has 3 aliphatic rings. The number of hydrogen-bond donors (Lipinski definition) is 2. The Balaban J connectivity index is 1.35. The van der Waals surface area contributed by atoms with Crippen molar-refractivity contribution in [3.05, 3.63) is 66.0 Å². The minimum Gasteiger partial charge on any atom is -0.486 e. The molecule has 1 atom stereocenters. The molecule has 1 unspecified atom stereocenters. The van der Waals surface area contributed by atoms with Crippen molar-refractivity contribution in [3.63, 3.8) is 0 Å². The van der Waals surface area contributed by atoms with Crippen molar-refractivity contribution in [3.8, 4) is 11.5 Å². The Bertz CT molecular complexity index is 1140. The van der Waals surface area contributed by atoms with Crippen LogP contribution >= 0.6 is 0 Å². The van der Waals surface area contributed by atoms with Crippen molar-refractivity contribution in [2.24, 2.45) is 0 Å². The lowest BCUT2D eigenvalue weighted by molar-refractivity contribution is -0.133. The van der Waals surface area contributed by atoms with Gasteiger partial charge in [-0.1, -0.05) is 30.3 Å². The zero-order valence-corrected chi connectivity index (χ0v) is 18.0. The number of hydrogen-bond acceptors (Lipinski definition) is 7. The van der Waals surface area contributed by atoms with E-state index in [0.29, 0.717) is 36.1 Å². The van der Waals surface area contributed by atoms with Gasteiger partial charge in [-0.2, -0.15) is 0 Å². The van der Waals surface area contributed by atoms with E-state index >= 15 is 0 Å². The number of carbonyl (C=O) groups is 3. The highest BCUT2D eigenvalue weighted by Crippen LogP contribution is 2.33. The lowest BCUT2D eigenvalue weighted by Gasteiger charge is -2.37. The van der Waals surface area contributed by atoms with E-state index in [-0.39, 0.29) is 19.0 Å². The monoisotopic (exact) mass is 449 g/mol. The average molecular weight is 449 g/mol. The molecular weight excluding hydrogens is 426 g/mol. The molecular formula is C23H23N5O5. The molecule has 170 valence electrons. The largest absolute Gasteiger partial charge is 0.486 e. The summed E-state index contributed by atoms with van der Waals surface area (Å²) >= 11 is 0. The lowest BCUT2D eigenvalue weighted by atomic mass is 10.1. The molecule has 33 heavy (non-hydrogen) atoms. The SMILES string of the molecule is CN1C=C2C(N1)C(=O)N(Cc1ccccc1)C(=O)N2CC(=O)Nc1ccc2c(c1)OCCO2. The van der Waals surface area contributed by atoms with Crippen LogP contribution in [0, 0.1) is 0 Å². The Hall–Kier alpha value is -4.05. The molecule has 0 bridgehead atoms. The molecule has 0 radical (unpaired) electrons. The van der Waals surface area contributed by atoms with Gasteiger partial charge >= 0.3 is 6.03 Å². The minimum atomic E-state index is -0.737. The van der Waals surface area contributed by atoms with Crippen LogP contribution in [0.1, 0.15) is 5.56 Å². The lowest BCUT2D eigenvalue weighted by Crippen LogP contribution is -2.60. The van der Waals surface area contributed by atoms with Gasteiger partial charge in [-0.15, -0.1) is 0 Å². The fourth-order valence-electron chi connectivity index (χ4n) is 4.03. The third kappa shape index (κ3) is 4.08. The number of hydrazine groups is 1. The van der Waals surface area contributed by atoms with Crippen LogP contribution < -0.4 is 20.2 Å². The zero-order valence-electron chi connectivity index (χ0n) is 18.0. The van der Waals surface area contributed by atoms with Gasteiger partial charge in [-0.3, -0.25) is 19.4 Å². The smallest absolute Gasteiger partial charge is 0.331 e. The van der Waals surface area contributed by atoms with Crippen molar-refractivity contribution in [2.75, 3.05) is 32.1 Å². The molecule has 0 saturated carbocycles. The van der Waals surface area contributed by atoms with Gasteiger partial charge in [0.05, 0.1) is 12.2 Å². The van der Waals surface area contributed by atoms with Gasteiger partial charge < -0.3 is 19.8 Å². The molecule has 3 heterocycles. The number of anilines is 1. The standard InChI is InChI=1S/C23H23N5O5/c1-26-13-17-21(25-26)22(30)28(12-15-5-3-2-4-6-15)23(31)27(17)14-20(29)24-16-7-8-18-19(11-16)33-10-9-32-18/h2-8,11,13,21,25H,9-10,12,14H2,1H3,(H,24,29). The first-order chi connectivity index (χ1) is 16.0. The van der Waals surface area contributed by atoms with Gasteiger partial charge in [0, 0.05) is 25.0 Å². The average Bonchev–Trinajstić information content (AvgIpc) is 3.22. The van der Waals surface area contributed by atoms with Crippen molar-refractivity contribution >= 4 is 23.5 Å². The van der Waals surface area contributed by atoms with E-state index in [2.05, 4.69) is 10.7 Å². The summed E-state index contributed by atoms with van der Waals surface area (Å²) in [5.74, 6) is 0.414. The van der Waals surface area contributed by atoms with Gasteiger partial charge in [0.15, 0.2) is 11.5 Å². The summed E-state index contributed by atoms with van der Waals surface area (Å²) in [7, 11) is 1.73. The number of nitrogens with zero attached hydrogens (tertiary/aromatic N) is 3. The third-order valence-electron chi connectivity index (χ3n) is 5.55. The Morgan fingerprint density at radius 2 is 1.82 bits per heavy atom. The Labute approximate surface area is 190 Å². The number of nitrogens with one attached hydrogen (secondary N) is 2. The van der Waals surface area contributed by atoms with Gasteiger partial charge in [-0.05, 0) is 17.7 Å². The third-order valence-corrected chi connectivity index (χ3v) is 5.55. The first kappa shape index (κ1) is 20.8. The minimum absolute atomic E-state index is 0.119. The van der Waals surface area contributed by atoms with E-state index in [1.807, 2.05) is 30.3 Å². The number of carbonyl (C=O) groups excluding carboxylic acids is 3. The molecule has 0 aromatic heterocycles. The first-order valence-corrected chi connectivity index (χ1v) is 10.6. The number of fused-ring (bicyclic) bond motifs is 2. The summed E-state index contributed by atoms with van der Waals surface area (Å²) in [5, 5.41) is 4.41. The van der Waals surface area contributed by atoms with E-state index < -0.39 is 18.0 Å². The number of benzene rings is 2. The maximum absolute atomic E-state index is 13.3. The molecule has 1 saturated heterocycles. The van der Waals surface area contributed by atoms with Crippen molar-refractivity contribution in [1.82, 2.24) is 20.2 Å². The van der Waals surface area contributed by atoms with E-state index in [0.717, 1.165) is 5.56 Å². The highest BCUT2D eigenvalue weighted by atomic mass is 16.6. The quantitative estimate of drug-likeness (QED) is 0.713. The molecule has 10 heteroatoms. The highest BCUT2D eigenvalue weighted by molar-refractivity contribution is 6.05. The maximum Gasteiger partial charge on any atom is 0.331 e. The Morgan fingerprint density at radius 1 is 1.06 bits per heavy atom. The zero-order chi connectivity index (χ0) is 22.9. The van der Waals surface area contributed by atoms with Crippen LogP contribution in [0.15, 0.2) is 60.4 Å². The second-order valence-electron chi connectivity index (χ2n) is 7.91. The van der Waals surface area contributed by atoms with Crippen LogP contribution in [-0.4, -0.2) is 65.5 Å². The number of imide groups is 1. The van der Waals surface area contributed by atoms with Crippen LogP contribution in [0.2, 0.25) is 0 Å². The van der Waals surface area contributed by atoms with E-state index in [9.17, 15) is 14.4 Å². The first-order valence-electron chi connectivity index (χ1n) is 10.6. The van der Waals surface area contributed by atoms with Crippen LogP contribution in [0.4, 0.5) is 10.5 Å². The fraction of sp³-hybridized carbons (Fsp3) is 0.261. The molecule has 3 aliphatic heterocycles. The van der Waals surface area contributed by atoms with E-state index in [1.54, 1.807) is 36.5 Å². The number of ether oxygens (including phenoxy) is 2. The van der Waals surface area contributed by atoms with Crippen molar-refractivity contribution in [2.45, 2.75) is 12.6 Å². The van der Waals surface area contributed by atoms with Crippen molar-refractivity contribution in [1.29, 1.82) is 0 Å². The van der Waals surface area contributed by atoms with E-state index in [4.69, 9.17) is 9.47 Å². The number of rotatable bonds is 5. The molecule has 0 aliphatic carbocycles. The van der Waals surface area contributed by atoms with Crippen LogP contribution in [0.5, 0.6) is 11.5 Å². The second-order valence-corrected chi connectivity index (χ2v) is 7.91. The normalized spacial score (nSPS) is 19.4. The van der Waals surface area contributed by atoms with Crippen molar-refractivity contribution < 1.29 is 23.9 Å². The van der Waals surface area contributed by atoms with Crippen LogP contribution in [0.3, 0.4) is 0 Å². The summed E-state index contributed by atoms with van der Waals surface area (Å²) in [6, 6.07) is 13.1. The maximum atomic E-state index is 13.3. The number of urea groups is 1. The fourth-order valence-corrected chi connectivity index (χ4v) is 4.03. The molecule has 5 rings (SSSR count). The molecule has 2 N–H and O–H groups in total. The van der Waals surface area contributed by atoms with Gasteiger partial charge in [-0.25, -0.2) is 10.2 Å². The predicted octanol–water partition coefficient (Wildman–Crippen LogP) is 1.52. The summed E-state index contributed by atoms with van der Waals surface area (Å²) in [6.07, 6.45) is 1.65. The molecule has 0 spiro atoms.